The molecule has 1 amide bonds. The van der Waals surface area contributed by atoms with Crippen LogP contribution in [0.1, 0.15) is 39.7 Å². The lowest BCUT2D eigenvalue weighted by atomic mass is 10.1. The minimum atomic E-state index is -0.470. The Hall–Kier alpha value is -2.69. The summed E-state index contributed by atoms with van der Waals surface area (Å²) in [6.45, 7) is 10.7. The highest BCUT2D eigenvalue weighted by Crippen LogP contribution is 2.25. The highest BCUT2D eigenvalue weighted by Gasteiger charge is 2.32. The van der Waals surface area contributed by atoms with E-state index in [9.17, 15) is 4.79 Å². The molecule has 3 rings (SSSR count). The number of benzene rings is 2. The molecule has 0 radical (unpaired) electrons. The van der Waals surface area contributed by atoms with Crippen molar-refractivity contribution in [1.82, 2.24) is 4.90 Å². The molecule has 0 saturated carbocycles. The molecule has 5 heteroatoms. The number of hydrogen-bond donors (Lipinski definition) is 0. The first-order valence-electron chi connectivity index (χ1n) is 10.4. The maximum absolute atomic E-state index is 12.5. The van der Waals surface area contributed by atoms with Gasteiger partial charge in [-0.3, -0.25) is 0 Å². The lowest BCUT2D eigenvalue weighted by Gasteiger charge is -2.42. The number of nitrogens with zero attached hydrogens (tertiary/aromatic N) is 2. The zero-order valence-electron chi connectivity index (χ0n) is 17.9. The van der Waals surface area contributed by atoms with Crippen molar-refractivity contribution in [1.29, 1.82) is 0 Å². The van der Waals surface area contributed by atoms with E-state index in [1.165, 1.54) is 0 Å². The monoisotopic (exact) mass is 396 g/mol. The molecule has 1 fully saturated rings. The Morgan fingerprint density at radius 3 is 2.34 bits per heavy atom. The van der Waals surface area contributed by atoms with Gasteiger partial charge >= 0.3 is 6.09 Å². The van der Waals surface area contributed by atoms with Gasteiger partial charge in [0, 0.05) is 25.3 Å². The minimum Gasteiger partial charge on any atom is -0.489 e. The molecule has 0 bridgehead atoms. The van der Waals surface area contributed by atoms with Gasteiger partial charge in [0.25, 0.3) is 0 Å². The fraction of sp³-hybridized carbons (Fsp3) is 0.458. The van der Waals surface area contributed by atoms with Crippen molar-refractivity contribution in [2.45, 2.75) is 52.4 Å². The van der Waals surface area contributed by atoms with Crippen LogP contribution in [0.3, 0.4) is 0 Å². The van der Waals surface area contributed by atoms with Crippen LogP contribution in [0.2, 0.25) is 0 Å². The maximum Gasteiger partial charge on any atom is 0.410 e. The fourth-order valence-corrected chi connectivity index (χ4v) is 3.49. The molecule has 2 aromatic rings. The third kappa shape index (κ3) is 5.89. The normalized spacial score (nSPS) is 17.2. The molecule has 5 nitrogen and oxygen atoms in total. The number of carbonyl (C=O) groups is 1. The van der Waals surface area contributed by atoms with Gasteiger partial charge in [0.1, 0.15) is 18.0 Å². The molecule has 1 saturated heterocycles. The summed E-state index contributed by atoms with van der Waals surface area (Å²) in [5.74, 6) is 0.858. The van der Waals surface area contributed by atoms with E-state index in [1.807, 2.05) is 56.0 Å². The van der Waals surface area contributed by atoms with Crippen LogP contribution >= 0.6 is 0 Å². The number of rotatable bonds is 5. The smallest absolute Gasteiger partial charge is 0.410 e. The largest absolute Gasteiger partial charge is 0.489 e. The zero-order valence-corrected chi connectivity index (χ0v) is 17.9. The molecule has 2 aromatic carbocycles. The van der Waals surface area contributed by atoms with E-state index in [4.69, 9.17) is 9.47 Å². The predicted molar refractivity (Wildman–Crippen MR) is 116 cm³/mol. The molecule has 0 unspecified atom stereocenters. The van der Waals surface area contributed by atoms with Gasteiger partial charge in [-0.25, -0.2) is 4.79 Å². The van der Waals surface area contributed by atoms with Crippen LogP contribution in [-0.2, 0) is 11.3 Å². The van der Waals surface area contributed by atoms with Gasteiger partial charge in [0.05, 0.1) is 6.04 Å². The summed E-state index contributed by atoms with van der Waals surface area (Å²) in [7, 11) is 0. The van der Waals surface area contributed by atoms with E-state index in [-0.39, 0.29) is 12.1 Å². The quantitative estimate of drug-likeness (QED) is 0.705. The molecular weight excluding hydrogens is 364 g/mol. The van der Waals surface area contributed by atoms with Gasteiger partial charge < -0.3 is 19.3 Å². The number of hydrogen-bond acceptors (Lipinski definition) is 4. The zero-order chi connectivity index (χ0) is 20.9. The van der Waals surface area contributed by atoms with Crippen molar-refractivity contribution in [3.63, 3.8) is 0 Å². The van der Waals surface area contributed by atoms with Gasteiger partial charge in [-0.2, -0.15) is 0 Å². The van der Waals surface area contributed by atoms with E-state index >= 15 is 0 Å². The van der Waals surface area contributed by atoms with E-state index in [0.29, 0.717) is 13.2 Å². The number of piperazine rings is 1. The van der Waals surface area contributed by atoms with Crippen molar-refractivity contribution in [3.05, 3.63) is 60.2 Å². The lowest BCUT2D eigenvalue weighted by molar-refractivity contribution is 0.0137. The van der Waals surface area contributed by atoms with E-state index in [0.717, 1.165) is 36.5 Å². The van der Waals surface area contributed by atoms with Gasteiger partial charge in [-0.15, -0.1) is 0 Å². The van der Waals surface area contributed by atoms with Crippen molar-refractivity contribution in [2.75, 3.05) is 24.5 Å². The van der Waals surface area contributed by atoms with Crippen molar-refractivity contribution < 1.29 is 14.3 Å². The summed E-state index contributed by atoms with van der Waals surface area (Å²) < 4.78 is 11.5. The Balaban J connectivity index is 1.58. The minimum absolute atomic E-state index is 0.146. The maximum atomic E-state index is 12.5. The number of amides is 1. The second kappa shape index (κ2) is 9.21. The predicted octanol–water partition coefficient (Wildman–Crippen LogP) is 5.10. The Labute approximate surface area is 174 Å². The third-order valence-electron chi connectivity index (χ3n) is 5.03. The van der Waals surface area contributed by atoms with Crippen LogP contribution in [0, 0.1) is 0 Å². The van der Waals surface area contributed by atoms with Crippen molar-refractivity contribution in [2.24, 2.45) is 0 Å². The van der Waals surface area contributed by atoms with Crippen LogP contribution in [0.4, 0.5) is 10.5 Å². The molecule has 0 N–H and O–H groups in total. The highest BCUT2D eigenvalue weighted by atomic mass is 16.6. The van der Waals surface area contributed by atoms with Crippen molar-refractivity contribution in [3.8, 4) is 5.75 Å². The summed E-state index contributed by atoms with van der Waals surface area (Å²) in [5, 5.41) is 0. The Kier molecular flexibility index (Phi) is 6.68. The standard InChI is InChI=1S/C24H32N2O3/c1-5-20-17-25(15-16-26(20)23(27)29-24(2,3)4)21-11-13-22(14-12-21)28-18-19-9-7-6-8-10-19/h6-14,20H,5,15-18H2,1-4H3/t20-/m0/s1. The van der Waals surface area contributed by atoms with Gasteiger partial charge in [-0.1, -0.05) is 37.3 Å². The van der Waals surface area contributed by atoms with Crippen LogP contribution in [0.15, 0.2) is 54.6 Å². The van der Waals surface area contributed by atoms with Crippen LogP contribution in [-0.4, -0.2) is 42.3 Å². The molecule has 1 aliphatic rings. The number of ether oxygens (including phenoxy) is 2. The summed E-state index contributed by atoms with van der Waals surface area (Å²) in [4.78, 5) is 16.7. The van der Waals surface area contributed by atoms with Crippen molar-refractivity contribution >= 4 is 11.8 Å². The first-order chi connectivity index (χ1) is 13.9. The molecule has 1 heterocycles. The summed E-state index contributed by atoms with van der Waals surface area (Å²) >= 11 is 0. The molecule has 156 valence electrons. The second-order valence-corrected chi connectivity index (χ2v) is 8.45. The first-order valence-corrected chi connectivity index (χ1v) is 10.4. The van der Waals surface area contributed by atoms with Gasteiger partial charge in [-0.05, 0) is 57.0 Å². The van der Waals surface area contributed by atoms with Gasteiger partial charge in [0.2, 0.25) is 0 Å². The number of carbonyl (C=O) groups excluding carboxylic acids is 1. The van der Waals surface area contributed by atoms with E-state index in [2.05, 4.69) is 36.1 Å². The topological polar surface area (TPSA) is 42.0 Å². The summed E-state index contributed by atoms with van der Waals surface area (Å²) in [5.41, 5.74) is 1.84. The molecule has 0 spiro atoms. The first kappa shape index (κ1) is 21.0. The average Bonchev–Trinajstić information content (AvgIpc) is 2.71. The molecule has 1 atom stereocenters. The molecule has 0 aliphatic carbocycles. The second-order valence-electron chi connectivity index (χ2n) is 8.45. The molecule has 29 heavy (non-hydrogen) atoms. The van der Waals surface area contributed by atoms with Crippen LogP contribution in [0.5, 0.6) is 5.75 Å². The SMILES string of the molecule is CC[C@H]1CN(c2ccc(OCc3ccccc3)cc2)CCN1C(=O)OC(C)(C)C. The molecule has 0 aromatic heterocycles. The Morgan fingerprint density at radius 1 is 1.03 bits per heavy atom. The number of anilines is 1. The Bertz CT molecular complexity index is 784. The van der Waals surface area contributed by atoms with Gasteiger partial charge in [0.15, 0.2) is 0 Å². The van der Waals surface area contributed by atoms with E-state index in [1.54, 1.807) is 0 Å². The summed E-state index contributed by atoms with van der Waals surface area (Å²) in [6, 6.07) is 18.5. The fourth-order valence-electron chi connectivity index (χ4n) is 3.49. The summed E-state index contributed by atoms with van der Waals surface area (Å²) in [6.07, 6.45) is 0.683. The van der Waals surface area contributed by atoms with E-state index < -0.39 is 5.60 Å². The molecule has 1 aliphatic heterocycles. The Morgan fingerprint density at radius 2 is 1.72 bits per heavy atom. The molecular formula is C24H32N2O3. The average molecular weight is 397 g/mol. The van der Waals surface area contributed by atoms with Crippen LogP contribution in [0.25, 0.3) is 0 Å². The lowest BCUT2D eigenvalue weighted by Crippen LogP contribution is -2.56. The van der Waals surface area contributed by atoms with Crippen LogP contribution < -0.4 is 9.64 Å². The highest BCUT2D eigenvalue weighted by molar-refractivity contribution is 5.69. The third-order valence-corrected chi connectivity index (χ3v) is 5.03.